The van der Waals surface area contributed by atoms with E-state index < -0.39 is 0 Å². The fraction of sp³-hybridized carbons (Fsp3) is 0. The van der Waals surface area contributed by atoms with Crippen LogP contribution in [0.25, 0.3) is 0 Å². The summed E-state index contributed by atoms with van der Waals surface area (Å²) in [6.45, 7) is 0. The Balaban J connectivity index is 0.000001000. The molecule has 0 aliphatic carbocycles. The number of hydrogen-bond acceptors (Lipinski definition) is 3. The molecule has 1 rings (SSSR count). The normalized spacial score (nSPS) is 9.45. The van der Waals surface area contributed by atoms with Crippen LogP contribution < -0.4 is 0 Å². The van der Waals surface area contributed by atoms with E-state index in [-0.39, 0.29) is 27.5 Å². The number of nitrogens with zero attached hydrogens (tertiary/aromatic N) is 1. The van der Waals surface area contributed by atoms with E-state index in [1.807, 2.05) is 0 Å². The van der Waals surface area contributed by atoms with Gasteiger partial charge in [-0.25, -0.2) is 0 Å². The van der Waals surface area contributed by atoms with Gasteiger partial charge >= 0.3 is 21.7 Å². The van der Waals surface area contributed by atoms with Gasteiger partial charge in [0.15, 0.2) is 0 Å². The van der Waals surface area contributed by atoms with Crippen molar-refractivity contribution in [1.82, 2.24) is 0 Å². The first-order chi connectivity index (χ1) is 4.84. The SMILES string of the molecule is ON=Cc1ccccc1O.[Ti+3]. The molecule has 1 radical (unpaired) electrons. The number of oxime groups is 1. The molecule has 0 atom stereocenters. The van der Waals surface area contributed by atoms with Gasteiger partial charge in [-0.05, 0) is 12.1 Å². The second-order valence-corrected chi connectivity index (χ2v) is 1.80. The van der Waals surface area contributed by atoms with Crippen molar-refractivity contribution in [1.29, 1.82) is 0 Å². The van der Waals surface area contributed by atoms with Crippen molar-refractivity contribution < 1.29 is 32.0 Å². The fourth-order valence-corrected chi connectivity index (χ4v) is 0.659. The number of phenolic OH excluding ortho intramolecular Hbond substituents is 1. The molecule has 0 saturated heterocycles. The number of aromatic hydroxyl groups is 1. The minimum Gasteiger partial charge on any atom is -0.507 e. The van der Waals surface area contributed by atoms with Gasteiger partial charge in [0.2, 0.25) is 0 Å². The van der Waals surface area contributed by atoms with Crippen LogP contribution in [0.5, 0.6) is 5.75 Å². The molecule has 3 nitrogen and oxygen atoms in total. The average molecular weight is 185 g/mol. The Labute approximate surface area is 79.2 Å². The van der Waals surface area contributed by atoms with Crippen LogP contribution >= 0.6 is 0 Å². The first kappa shape index (κ1) is 10.2. The molecule has 0 heterocycles. The number of para-hydroxylation sites is 1. The van der Waals surface area contributed by atoms with Gasteiger partial charge < -0.3 is 10.3 Å². The average Bonchev–Trinajstić information content (AvgIpc) is 1.94. The molecule has 0 amide bonds. The summed E-state index contributed by atoms with van der Waals surface area (Å²) >= 11 is 0. The Morgan fingerprint density at radius 2 is 1.91 bits per heavy atom. The Hall–Kier alpha value is -0.796. The maximum atomic E-state index is 9.04. The van der Waals surface area contributed by atoms with Gasteiger partial charge in [0.1, 0.15) is 5.75 Å². The van der Waals surface area contributed by atoms with Gasteiger partial charge in [0.25, 0.3) is 0 Å². The van der Waals surface area contributed by atoms with E-state index in [4.69, 9.17) is 10.3 Å². The topological polar surface area (TPSA) is 52.8 Å². The van der Waals surface area contributed by atoms with Crippen molar-refractivity contribution in [2.75, 3.05) is 0 Å². The summed E-state index contributed by atoms with van der Waals surface area (Å²) in [5, 5.41) is 19.9. The zero-order chi connectivity index (χ0) is 7.40. The zero-order valence-electron chi connectivity index (χ0n) is 5.73. The molecule has 11 heavy (non-hydrogen) atoms. The molecule has 0 aliphatic rings. The van der Waals surface area contributed by atoms with Gasteiger partial charge in [-0.2, -0.15) is 0 Å². The number of benzene rings is 1. The molecular formula is C7H7NO2Ti+3. The summed E-state index contributed by atoms with van der Waals surface area (Å²) in [5.74, 6) is 0.111. The van der Waals surface area contributed by atoms with Crippen molar-refractivity contribution >= 4 is 6.21 Å². The number of rotatable bonds is 1. The summed E-state index contributed by atoms with van der Waals surface area (Å²) < 4.78 is 0. The van der Waals surface area contributed by atoms with E-state index in [0.29, 0.717) is 5.56 Å². The molecule has 0 saturated carbocycles. The summed E-state index contributed by atoms with van der Waals surface area (Å²) in [6, 6.07) is 6.62. The number of phenols is 1. The van der Waals surface area contributed by atoms with E-state index in [0.717, 1.165) is 0 Å². The molecule has 53 valence electrons. The van der Waals surface area contributed by atoms with Gasteiger partial charge in [-0.3, -0.25) is 0 Å². The molecule has 1 aromatic carbocycles. The Morgan fingerprint density at radius 1 is 1.27 bits per heavy atom. The molecule has 1 aromatic rings. The van der Waals surface area contributed by atoms with E-state index in [9.17, 15) is 0 Å². The summed E-state index contributed by atoms with van der Waals surface area (Å²) in [5.41, 5.74) is 0.505. The predicted molar refractivity (Wildman–Crippen MR) is 37.5 cm³/mol. The molecule has 2 N–H and O–H groups in total. The predicted octanol–water partition coefficient (Wildman–Crippen LogP) is 1.20. The zero-order valence-corrected chi connectivity index (χ0v) is 7.29. The molecular weight excluding hydrogens is 178 g/mol. The van der Waals surface area contributed by atoms with Crippen LogP contribution in [0.1, 0.15) is 5.56 Å². The first-order valence-electron chi connectivity index (χ1n) is 2.80. The first-order valence-corrected chi connectivity index (χ1v) is 2.80. The summed E-state index contributed by atoms with van der Waals surface area (Å²) in [4.78, 5) is 0. The minimum atomic E-state index is 0. The van der Waals surface area contributed by atoms with Crippen molar-refractivity contribution in [3.05, 3.63) is 29.8 Å². The second kappa shape index (κ2) is 4.94. The van der Waals surface area contributed by atoms with Crippen LogP contribution in [0.2, 0.25) is 0 Å². The Bertz CT molecular complexity index is 250. The monoisotopic (exact) mass is 185 g/mol. The fourth-order valence-electron chi connectivity index (χ4n) is 0.659. The largest absolute Gasteiger partial charge is 3.00 e. The quantitative estimate of drug-likeness (QED) is 0.299. The van der Waals surface area contributed by atoms with Gasteiger partial charge in [0.05, 0.1) is 6.21 Å². The Kier molecular flexibility index (Phi) is 4.58. The van der Waals surface area contributed by atoms with E-state index in [1.165, 1.54) is 12.3 Å². The molecule has 4 heteroatoms. The standard InChI is InChI=1S/C7H7NO2.Ti/c9-7-4-2-1-3-6(7)5-8-10;/h1-5,9-10H;/q;+3. The molecule has 0 bridgehead atoms. The minimum absolute atomic E-state index is 0. The third-order valence-electron chi connectivity index (χ3n) is 1.13. The second-order valence-electron chi connectivity index (χ2n) is 1.80. The maximum absolute atomic E-state index is 9.04. The Morgan fingerprint density at radius 3 is 2.45 bits per heavy atom. The molecule has 0 aliphatic heterocycles. The van der Waals surface area contributed by atoms with Crippen LogP contribution in [-0.4, -0.2) is 16.5 Å². The molecule has 0 unspecified atom stereocenters. The van der Waals surface area contributed by atoms with Crippen molar-refractivity contribution in [2.24, 2.45) is 5.16 Å². The maximum Gasteiger partial charge on any atom is 3.00 e. The van der Waals surface area contributed by atoms with Crippen LogP contribution in [-0.2, 0) is 21.7 Å². The van der Waals surface area contributed by atoms with E-state index in [1.54, 1.807) is 18.2 Å². The molecule has 0 fully saturated rings. The van der Waals surface area contributed by atoms with E-state index >= 15 is 0 Å². The third kappa shape index (κ3) is 2.74. The van der Waals surface area contributed by atoms with Crippen LogP contribution in [0.3, 0.4) is 0 Å². The van der Waals surface area contributed by atoms with Crippen LogP contribution in [0.4, 0.5) is 0 Å². The van der Waals surface area contributed by atoms with Gasteiger partial charge in [0, 0.05) is 5.56 Å². The van der Waals surface area contributed by atoms with Crippen LogP contribution in [0.15, 0.2) is 29.4 Å². The number of hydrogen-bond donors (Lipinski definition) is 2. The summed E-state index contributed by atoms with van der Waals surface area (Å²) in [6.07, 6.45) is 1.18. The summed E-state index contributed by atoms with van der Waals surface area (Å²) in [7, 11) is 0. The van der Waals surface area contributed by atoms with Crippen molar-refractivity contribution in [3.8, 4) is 5.75 Å². The smallest absolute Gasteiger partial charge is 0.507 e. The van der Waals surface area contributed by atoms with E-state index in [2.05, 4.69) is 5.16 Å². The van der Waals surface area contributed by atoms with Gasteiger partial charge in [-0.15, -0.1) is 0 Å². The third-order valence-corrected chi connectivity index (χ3v) is 1.13. The van der Waals surface area contributed by atoms with Crippen LogP contribution in [0, 0.1) is 0 Å². The molecule has 0 spiro atoms. The van der Waals surface area contributed by atoms with Crippen molar-refractivity contribution in [2.45, 2.75) is 0 Å². The van der Waals surface area contributed by atoms with Crippen molar-refractivity contribution in [3.63, 3.8) is 0 Å². The molecule has 0 aromatic heterocycles. The van der Waals surface area contributed by atoms with Gasteiger partial charge in [-0.1, -0.05) is 17.3 Å².